The van der Waals surface area contributed by atoms with Gasteiger partial charge in [-0.25, -0.2) is 0 Å². The van der Waals surface area contributed by atoms with Crippen LogP contribution in [0.4, 0.5) is 8.78 Å². The number of carbonyl (C=O) groups is 2. The van der Waals surface area contributed by atoms with E-state index in [4.69, 9.17) is 4.74 Å². The molecule has 2 amide bonds. The Morgan fingerprint density at radius 3 is 2.53 bits per heavy atom. The lowest BCUT2D eigenvalue weighted by atomic mass is 9.95. The number of likely N-dealkylation sites (tertiary alicyclic amines) is 1. The number of carbonyl (C=O) groups excluding carboxylic acids is 2. The molecule has 1 aliphatic rings. The summed E-state index contributed by atoms with van der Waals surface area (Å²) in [5.74, 6) is -0.289. The second-order valence-electron chi connectivity index (χ2n) is 8.01. The smallest absolute Gasteiger partial charge is 0.387 e. The van der Waals surface area contributed by atoms with Gasteiger partial charge in [-0.15, -0.1) is 0 Å². The molecule has 0 spiro atoms. The number of aryl methyl sites for hydroxylation is 1. The molecule has 0 saturated carbocycles. The molecule has 1 fully saturated rings. The zero-order valence-corrected chi connectivity index (χ0v) is 18.5. The van der Waals surface area contributed by atoms with E-state index < -0.39 is 6.61 Å². The first-order valence-electron chi connectivity index (χ1n) is 10.5. The fourth-order valence-corrected chi connectivity index (χ4v) is 3.91. The van der Waals surface area contributed by atoms with Crippen LogP contribution in [0.15, 0.2) is 42.5 Å². The highest BCUT2D eigenvalue weighted by Gasteiger charge is 2.30. The molecule has 2 aromatic carbocycles. The number of amides is 2. The molecule has 0 bridgehead atoms. The Kier molecular flexibility index (Phi) is 7.66. The van der Waals surface area contributed by atoms with Crippen molar-refractivity contribution >= 4 is 11.8 Å². The van der Waals surface area contributed by atoms with Gasteiger partial charge in [-0.3, -0.25) is 9.59 Å². The molecule has 1 unspecified atom stereocenters. The van der Waals surface area contributed by atoms with Gasteiger partial charge in [0.15, 0.2) is 11.5 Å². The maximum Gasteiger partial charge on any atom is 0.387 e. The van der Waals surface area contributed by atoms with Crippen molar-refractivity contribution in [2.75, 3.05) is 27.2 Å². The second-order valence-corrected chi connectivity index (χ2v) is 8.01. The summed E-state index contributed by atoms with van der Waals surface area (Å²) < 4.78 is 34.6. The van der Waals surface area contributed by atoms with Crippen LogP contribution in [0.5, 0.6) is 11.5 Å². The predicted octanol–water partition coefficient (Wildman–Crippen LogP) is 4.12. The maximum absolute atomic E-state index is 13.1. The van der Waals surface area contributed by atoms with Gasteiger partial charge in [-0.2, -0.15) is 8.78 Å². The molecule has 0 radical (unpaired) electrons. The molecule has 0 aromatic heterocycles. The number of hydrogen-bond donors (Lipinski definition) is 0. The quantitative estimate of drug-likeness (QED) is 0.642. The van der Waals surface area contributed by atoms with Crippen molar-refractivity contribution < 1.29 is 27.8 Å². The Hall–Kier alpha value is -3.16. The van der Waals surface area contributed by atoms with Gasteiger partial charge in [-0.05, 0) is 49.6 Å². The Bertz CT molecular complexity index is 950. The first-order chi connectivity index (χ1) is 15.3. The zero-order valence-electron chi connectivity index (χ0n) is 18.5. The highest BCUT2D eigenvalue weighted by atomic mass is 19.3. The van der Waals surface area contributed by atoms with Crippen molar-refractivity contribution in [3.8, 4) is 11.5 Å². The lowest BCUT2D eigenvalue weighted by molar-refractivity contribution is -0.136. The molecule has 172 valence electrons. The topological polar surface area (TPSA) is 59.1 Å². The number of ether oxygens (including phenoxy) is 2. The third-order valence-electron chi connectivity index (χ3n) is 5.60. The van der Waals surface area contributed by atoms with Crippen LogP contribution in [-0.2, 0) is 11.3 Å². The first-order valence-corrected chi connectivity index (χ1v) is 10.5. The van der Waals surface area contributed by atoms with Gasteiger partial charge in [0, 0.05) is 32.2 Å². The van der Waals surface area contributed by atoms with Crippen LogP contribution < -0.4 is 9.47 Å². The molecule has 6 nitrogen and oxygen atoms in total. The number of methoxy groups -OCH3 is 1. The van der Waals surface area contributed by atoms with Crippen LogP contribution in [0.3, 0.4) is 0 Å². The fourth-order valence-electron chi connectivity index (χ4n) is 3.91. The van der Waals surface area contributed by atoms with Crippen LogP contribution in [0.1, 0.15) is 34.3 Å². The van der Waals surface area contributed by atoms with E-state index in [0.29, 0.717) is 25.1 Å². The number of halogens is 2. The van der Waals surface area contributed by atoms with Crippen LogP contribution in [0.25, 0.3) is 0 Å². The van der Waals surface area contributed by atoms with E-state index in [9.17, 15) is 18.4 Å². The van der Waals surface area contributed by atoms with Crippen molar-refractivity contribution in [2.45, 2.75) is 32.9 Å². The summed E-state index contributed by atoms with van der Waals surface area (Å²) in [5, 5.41) is 0. The molecular formula is C24H28F2N2O4. The van der Waals surface area contributed by atoms with Gasteiger partial charge >= 0.3 is 6.61 Å². The van der Waals surface area contributed by atoms with Crippen LogP contribution >= 0.6 is 0 Å². The second kappa shape index (κ2) is 10.4. The highest BCUT2D eigenvalue weighted by molar-refractivity contribution is 5.94. The average Bonchev–Trinajstić information content (AvgIpc) is 2.79. The number of piperidine rings is 1. The third kappa shape index (κ3) is 5.75. The summed E-state index contributed by atoms with van der Waals surface area (Å²) >= 11 is 0. The van der Waals surface area contributed by atoms with Crippen LogP contribution in [0, 0.1) is 12.8 Å². The SMILES string of the molecule is COc1cc(CN(C)C(=O)C2CCCN(C(=O)c3ccc(C)cc3)C2)ccc1OC(F)F. The van der Waals surface area contributed by atoms with E-state index in [1.165, 1.54) is 13.2 Å². The Morgan fingerprint density at radius 2 is 1.88 bits per heavy atom. The number of nitrogens with zero attached hydrogens (tertiary/aromatic N) is 2. The Balaban J connectivity index is 1.63. The van der Waals surface area contributed by atoms with Gasteiger partial charge in [0.2, 0.25) is 5.91 Å². The summed E-state index contributed by atoms with van der Waals surface area (Å²) in [6.07, 6.45) is 1.47. The van der Waals surface area contributed by atoms with Crippen molar-refractivity contribution in [2.24, 2.45) is 5.92 Å². The monoisotopic (exact) mass is 446 g/mol. The van der Waals surface area contributed by atoms with Crippen LogP contribution in [-0.4, -0.2) is 55.5 Å². The number of rotatable bonds is 7. The first kappa shape index (κ1) is 23.5. The predicted molar refractivity (Wildman–Crippen MR) is 116 cm³/mol. The summed E-state index contributed by atoms with van der Waals surface area (Å²) in [5.41, 5.74) is 2.43. The van der Waals surface area contributed by atoms with E-state index in [0.717, 1.165) is 17.5 Å². The number of benzene rings is 2. The van der Waals surface area contributed by atoms with E-state index in [2.05, 4.69) is 4.74 Å². The molecule has 1 aliphatic heterocycles. The summed E-state index contributed by atoms with van der Waals surface area (Å²) in [4.78, 5) is 29.2. The average molecular weight is 446 g/mol. The van der Waals surface area contributed by atoms with Gasteiger partial charge in [0.25, 0.3) is 5.91 Å². The number of hydrogen-bond acceptors (Lipinski definition) is 4. The van der Waals surface area contributed by atoms with Gasteiger partial charge < -0.3 is 19.3 Å². The van der Waals surface area contributed by atoms with Gasteiger partial charge in [0.1, 0.15) is 0 Å². The third-order valence-corrected chi connectivity index (χ3v) is 5.60. The lowest BCUT2D eigenvalue weighted by Gasteiger charge is -2.34. The molecule has 1 saturated heterocycles. The van der Waals surface area contributed by atoms with Crippen LogP contribution in [0.2, 0.25) is 0 Å². The normalized spacial score (nSPS) is 16.1. The van der Waals surface area contributed by atoms with Crippen molar-refractivity contribution in [1.29, 1.82) is 0 Å². The van der Waals surface area contributed by atoms with E-state index in [1.807, 2.05) is 31.2 Å². The maximum atomic E-state index is 13.1. The molecule has 32 heavy (non-hydrogen) atoms. The van der Waals surface area contributed by atoms with Crippen molar-refractivity contribution in [1.82, 2.24) is 9.80 Å². The molecule has 0 N–H and O–H groups in total. The molecular weight excluding hydrogens is 418 g/mol. The Morgan fingerprint density at radius 1 is 1.16 bits per heavy atom. The van der Waals surface area contributed by atoms with E-state index in [1.54, 1.807) is 29.0 Å². The minimum absolute atomic E-state index is 0.0571. The Labute approximate surface area is 186 Å². The minimum Gasteiger partial charge on any atom is -0.493 e. The molecule has 1 atom stereocenters. The minimum atomic E-state index is -2.95. The summed E-state index contributed by atoms with van der Waals surface area (Å²) in [6.45, 7) is 0.306. The van der Waals surface area contributed by atoms with E-state index in [-0.39, 0.29) is 35.8 Å². The van der Waals surface area contributed by atoms with Gasteiger partial charge in [0.05, 0.1) is 13.0 Å². The van der Waals surface area contributed by atoms with Crippen molar-refractivity contribution in [3.05, 3.63) is 59.2 Å². The standard InChI is InChI=1S/C24H28F2N2O4/c1-16-6-9-18(10-7-16)23(30)28-12-4-5-19(15-28)22(29)27(2)14-17-8-11-20(32-24(25)26)21(13-17)31-3/h6-11,13,19,24H,4-5,12,14-15H2,1-3H3. The molecule has 3 rings (SSSR count). The molecule has 8 heteroatoms. The number of alkyl halides is 2. The highest BCUT2D eigenvalue weighted by Crippen LogP contribution is 2.30. The lowest BCUT2D eigenvalue weighted by Crippen LogP contribution is -2.45. The largest absolute Gasteiger partial charge is 0.493 e. The fraction of sp³-hybridized carbons (Fsp3) is 0.417. The van der Waals surface area contributed by atoms with Crippen molar-refractivity contribution in [3.63, 3.8) is 0 Å². The molecule has 2 aromatic rings. The summed E-state index contributed by atoms with van der Waals surface area (Å²) in [6, 6.07) is 12.0. The zero-order chi connectivity index (χ0) is 23.3. The van der Waals surface area contributed by atoms with Gasteiger partial charge in [-0.1, -0.05) is 23.8 Å². The molecule has 0 aliphatic carbocycles. The van der Waals surface area contributed by atoms with E-state index >= 15 is 0 Å². The molecule has 1 heterocycles. The summed E-state index contributed by atoms with van der Waals surface area (Å²) in [7, 11) is 3.06.